The van der Waals surface area contributed by atoms with Crippen LogP contribution in [0, 0.1) is 5.92 Å². The summed E-state index contributed by atoms with van der Waals surface area (Å²) < 4.78 is 28.6. The maximum absolute atomic E-state index is 13.5. The number of aromatic nitrogens is 2. The van der Waals surface area contributed by atoms with E-state index < -0.39 is 5.92 Å². The Morgan fingerprint density at radius 2 is 2.23 bits per heavy atom. The Kier molecular flexibility index (Phi) is 4.16. The standard InChI is InChI=1S/C15H22F2N4O/c1-19-10-13(8-18-19)21-6-5-20(11-14(21)22)9-12-3-2-4-15(16,17)7-12/h8,10,12H,2-7,9,11H2,1H3. The first kappa shape index (κ1) is 15.4. The number of hydrogen-bond donors (Lipinski definition) is 0. The lowest BCUT2D eigenvalue weighted by molar-refractivity contribution is -0.121. The van der Waals surface area contributed by atoms with Gasteiger partial charge in [-0.1, -0.05) is 0 Å². The molecule has 7 heteroatoms. The van der Waals surface area contributed by atoms with Crippen molar-refractivity contribution in [2.24, 2.45) is 13.0 Å². The molecule has 122 valence electrons. The molecule has 1 saturated carbocycles. The van der Waals surface area contributed by atoms with Crippen LogP contribution in [-0.4, -0.2) is 52.7 Å². The molecule has 1 atom stereocenters. The van der Waals surface area contributed by atoms with Crippen LogP contribution in [0.4, 0.5) is 14.5 Å². The van der Waals surface area contributed by atoms with Gasteiger partial charge in [-0.15, -0.1) is 0 Å². The number of nitrogens with zero attached hydrogens (tertiary/aromatic N) is 4. The van der Waals surface area contributed by atoms with Crippen molar-refractivity contribution >= 4 is 11.6 Å². The third-order valence-corrected chi connectivity index (χ3v) is 4.56. The topological polar surface area (TPSA) is 41.4 Å². The average molecular weight is 312 g/mol. The van der Waals surface area contributed by atoms with Gasteiger partial charge in [-0.3, -0.25) is 14.4 Å². The van der Waals surface area contributed by atoms with E-state index in [4.69, 9.17) is 0 Å². The third-order valence-electron chi connectivity index (χ3n) is 4.56. The summed E-state index contributed by atoms with van der Waals surface area (Å²) in [6.45, 7) is 2.22. The Labute approximate surface area is 128 Å². The molecule has 0 N–H and O–H groups in total. The third kappa shape index (κ3) is 3.45. The van der Waals surface area contributed by atoms with Crippen LogP contribution < -0.4 is 4.90 Å². The summed E-state index contributed by atoms with van der Waals surface area (Å²) in [6.07, 6.45) is 4.89. The molecule has 1 aliphatic carbocycles. The molecule has 1 amide bonds. The van der Waals surface area contributed by atoms with Gasteiger partial charge in [-0.05, 0) is 18.8 Å². The van der Waals surface area contributed by atoms with E-state index in [0.717, 1.165) is 18.7 Å². The minimum absolute atomic E-state index is 0.00138. The number of hydrogen-bond acceptors (Lipinski definition) is 3. The van der Waals surface area contributed by atoms with Gasteiger partial charge < -0.3 is 4.90 Å². The number of anilines is 1. The van der Waals surface area contributed by atoms with E-state index >= 15 is 0 Å². The van der Waals surface area contributed by atoms with E-state index in [0.29, 0.717) is 26.1 Å². The van der Waals surface area contributed by atoms with Crippen molar-refractivity contribution in [1.82, 2.24) is 14.7 Å². The van der Waals surface area contributed by atoms with Crippen LogP contribution in [0.2, 0.25) is 0 Å². The van der Waals surface area contributed by atoms with Gasteiger partial charge in [-0.25, -0.2) is 8.78 Å². The molecule has 5 nitrogen and oxygen atoms in total. The number of carbonyl (C=O) groups is 1. The zero-order chi connectivity index (χ0) is 15.7. The van der Waals surface area contributed by atoms with Crippen molar-refractivity contribution < 1.29 is 13.6 Å². The van der Waals surface area contributed by atoms with E-state index in [2.05, 4.69) is 5.10 Å². The van der Waals surface area contributed by atoms with E-state index in [9.17, 15) is 13.6 Å². The summed E-state index contributed by atoms with van der Waals surface area (Å²) in [7, 11) is 1.81. The molecule has 1 unspecified atom stereocenters. The molecule has 1 saturated heterocycles. The van der Waals surface area contributed by atoms with Crippen molar-refractivity contribution in [3.63, 3.8) is 0 Å². The summed E-state index contributed by atoms with van der Waals surface area (Å²) >= 11 is 0. The summed E-state index contributed by atoms with van der Waals surface area (Å²) in [5.74, 6) is -2.51. The lowest BCUT2D eigenvalue weighted by Crippen LogP contribution is -2.52. The molecule has 2 aliphatic rings. The zero-order valence-corrected chi connectivity index (χ0v) is 12.8. The van der Waals surface area contributed by atoms with Crippen molar-refractivity contribution in [2.75, 3.05) is 31.1 Å². The maximum Gasteiger partial charge on any atom is 0.248 e. The molecule has 2 heterocycles. The molecular weight excluding hydrogens is 290 g/mol. The van der Waals surface area contributed by atoms with E-state index in [1.54, 1.807) is 15.8 Å². The molecule has 1 aromatic heterocycles. The van der Waals surface area contributed by atoms with E-state index in [1.807, 2.05) is 18.1 Å². The molecule has 1 aliphatic heterocycles. The number of alkyl halides is 2. The minimum Gasteiger partial charge on any atom is -0.307 e. The van der Waals surface area contributed by atoms with Crippen LogP contribution >= 0.6 is 0 Å². The van der Waals surface area contributed by atoms with Crippen LogP contribution in [0.25, 0.3) is 0 Å². The monoisotopic (exact) mass is 312 g/mol. The summed E-state index contributed by atoms with van der Waals surface area (Å²) in [5, 5.41) is 4.08. The van der Waals surface area contributed by atoms with Crippen LogP contribution in [0.15, 0.2) is 12.4 Å². The Hall–Kier alpha value is -1.50. The van der Waals surface area contributed by atoms with Crippen LogP contribution in [0.5, 0.6) is 0 Å². The molecule has 1 aromatic rings. The zero-order valence-electron chi connectivity index (χ0n) is 12.8. The summed E-state index contributed by atoms with van der Waals surface area (Å²) in [6, 6.07) is 0. The maximum atomic E-state index is 13.5. The molecule has 0 radical (unpaired) electrons. The fourth-order valence-electron chi connectivity index (χ4n) is 3.50. The highest BCUT2D eigenvalue weighted by molar-refractivity contribution is 5.95. The first-order chi connectivity index (χ1) is 10.4. The van der Waals surface area contributed by atoms with Crippen molar-refractivity contribution in [3.8, 4) is 0 Å². The lowest BCUT2D eigenvalue weighted by Gasteiger charge is -2.37. The lowest BCUT2D eigenvalue weighted by atomic mass is 9.86. The van der Waals surface area contributed by atoms with Gasteiger partial charge in [0.15, 0.2) is 0 Å². The largest absolute Gasteiger partial charge is 0.307 e. The molecule has 0 aromatic carbocycles. The molecule has 0 spiro atoms. The average Bonchev–Trinajstić information content (AvgIpc) is 2.84. The Bertz CT molecular complexity index is 545. The second kappa shape index (κ2) is 5.95. The number of halogens is 2. The van der Waals surface area contributed by atoms with Gasteiger partial charge in [0.1, 0.15) is 0 Å². The Balaban J connectivity index is 1.55. The fraction of sp³-hybridized carbons (Fsp3) is 0.733. The van der Waals surface area contributed by atoms with Crippen LogP contribution in [0.1, 0.15) is 25.7 Å². The molecule has 3 rings (SSSR count). The Morgan fingerprint density at radius 3 is 2.86 bits per heavy atom. The van der Waals surface area contributed by atoms with E-state index in [1.165, 1.54) is 0 Å². The van der Waals surface area contributed by atoms with Gasteiger partial charge in [-0.2, -0.15) is 5.10 Å². The molecule has 2 fully saturated rings. The molecular formula is C15H22F2N4O. The van der Waals surface area contributed by atoms with Gasteiger partial charge in [0.2, 0.25) is 11.8 Å². The van der Waals surface area contributed by atoms with Gasteiger partial charge in [0.25, 0.3) is 0 Å². The van der Waals surface area contributed by atoms with Crippen LogP contribution in [-0.2, 0) is 11.8 Å². The number of amides is 1. The van der Waals surface area contributed by atoms with Gasteiger partial charge >= 0.3 is 0 Å². The molecule has 22 heavy (non-hydrogen) atoms. The fourth-order valence-corrected chi connectivity index (χ4v) is 3.50. The van der Waals surface area contributed by atoms with Crippen molar-refractivity contribution in [3.05, 3.63) is 12.4 Å². The van der Waals surface area contributed by atoms with Crippen LogP contribution in [0.3, 0.4) is 0 Å². The summed E-state index contributed by atoms with van der Waals surface area (Å²) in [5.41, 5.74) is 0.802. The minimum atomic E-state index is -2.52. The van der Waals surface area contributed by atoms with Crippen molar-refractivity contribution in [1.29, 1.82) is 0 Å². The summed E-state index contributed by atoms with van der Waals surface area (Å²) in [4.78, 5) is 16.0. The SMILES string of the molecule is Cn1cc(N2CCN(CC3CCCC(F)(F)C3)CC2=O)cn1. The number of piperazine rings is 1. The van der Waals surface area contributed by atoms with Gasteiger partial charge in [0.05, 0.1) is 18.4 Å². The number of carbonyl (C=O) groups excluding carboxylic acids is 1. The second-order valence-corrected chi connectivity index (χ2v) is 6.47. The first-order valence-electron chi connectivity index (χ1n) is 7.82. The predicted molar refractivity (Wildman–Crippen MR) is 78.9 cm³/mol. The number of rotatable bonds is 3. The quantitative estimate of drug-likeness (QED) is 0.856. The highest BCUT2D eigenvalue weighted by atomic mass is 19.3. The second-order valence-electron chi connectivity index (χ2n) is 6.47. The number of aryl methyl sites for hydroxylation is 1. The Morgan fingerprint density at radius 1 is 1.41 bits per heavy atom. The predicted octanol–water partition coefficient (Wildman–Crippen LogP) is 1.89. The first-order valence-corrected chi connectivity index (χ1v) is 7.82. The highest BCUT2D eigenvalue weighted by Gasteiger charge is 2.37. The highest BCUT2D eigenvalue weighted by Crippen LogP contribution is 2.37. The normalized spacial score (nSPS) is 26.4. The van der Waals surface area contributed by atoms with Crippen molar-refractivity contribution in [2.45, 2.75) is 31.6 Å². The smallest absolute Gasteiger partial charge is 0.248 e. The van der Waals surface area contributed by atoms with Gasteiger partial charge in [0, 0.05) is 45.7 Å². The van der Waals surface area contributed by atoms with E-state index in [-0.39, 0.29) is 24.7 Å². The molecule has 0 bridgehead atoms.